The fourth-order valence-corrected chi connectivity index (χ4v) is 3.05. The van der Waals surface area contributed by atoms with Crippen LogP contribution in [-0.4, -0.2) is 31.3 Å². The molecule has 0 unspecified atom stereocenters. The average Bonchev–Trinajstić information content (AvgIpc) is 3.10. The molecule has 1 aliphatic heterocycles. The van der Waals surface area contributed by atoms with E-state index < -0.39 is 0 Å². The number of carbonyl (C=O) groups excluding carboxylic acids is 3. The van der Waals surface area contributed by atoms with Gasteiger partial charge >= 0.3 is 0 Å². The normalized spacial score (nSPS) is 12.5. The third-order valence-corrected chi connectivity index (χ3v) is 4.47. The topological polar surface area (TPSA) is 78.5 Å². The molecule has 2 N–H and O–H groups in total. The van der Waals surface area contributed by atoms with Crippen LogP contribution in [0.15, 0.2) is 42.5 Å². The van der Waals surface area contributed by atoms with Gasteiger partial charge in [-0.05, 0) is 54.4 Å². The van der Waals surface area contributed by atoms with E-state index in [4.69, 9.17) is 0 Å². The molecule has 0 spiro atoms. The van der Waals surface area contributed by atoms with Crippen LogP contribution >= 0.6 is 0 Å². The summed E-state index contributed by atoms with van der Waals surface area (Å²) < 4.78 is 0. The molecule has 0 saturated heterocycles. The highest BCUT2D eigenvalue weighted by molar-refractivity contribution is 6.05. The summed E-state index contributed by atoms with van der Waals surface area (Å²) in [6, 6.07) is 12.1. The van der Waals surface area contributed by atoms with Gasteiger partial charge in [-0.1, -0.05) is 6.92 Å². The Morgan fingerprint density at radius 3 is 2.35 bits per heavy atom. The number of benzene rings is 2. The third-order valence-electron chi connectivity index (χ3n) is 4.47. The van der Waals surface area contributed by atoms with Gasteiger partial charge in [-0.3, -0.25) is 14.4 Å². The maximum absolute atomic E-state index is 12.5. The van der Waals surface area contributed by atoms with Gasteiger partial charge in [-0.2, -0.15) is 0 Å². The van der Waals surface area contributed by atoms with Gasteiger partial charge in [-0.25, -0.2) is 0 Å². The van der Waals surface area contributed by atoms with Crippen molar-refractivity contribution >= 4 is 29.1 Å². The number of hydrogen-bond acceptors (Lipinski definition) is 3. The maximum atomic E-state index is 12.5. The van der Waals surface area contributed by atoms with E-state index in [2.05, 4.69) is 10.6 Å². The molecule has 3 rings (SSSR count). The molecule has 6 heteroatoms. The lowest BCUT2D eigenvalue weighted by molar-refractivity contribution is -0.118. The van der Waals surface area contributed by atoms with Crippen molar-refractivity contribution in [3.05, 3.63) is 59.2 Å². The van der Waals surface area contributed by atoms with Crippen LogP contribution in [0.3, 0.4) is 0 Å². The number of nitrogens with zero attached hydrogens (tertiary/aromatic N) is 1. The van der Waals surface area contributed by atoms with Gasteiger partial charge in [0.25, 0.3) is 11.8 Å². The minimum absolute atomic E-state index is 0.0946. The highest BCUT2D eigenvalue weighted by Crippen LogP contribution is 2.29. The lowest BCUT2D eigenvalue weighted by Crippen LogP contribution is -2.27. The van der Waals surface area contributed by atoms with Crippen molar-refractivity contribution < 1.29 is 14.4 Å². The zero-order valence-electron chi connectivity index (χ0n) is 14.8. The zero-order valence-corrected chi connectivity index (χ0v) is 14.8. The smallest absolute Gasteiger partial charge is 0.255 e. The molecule has 0 saturated carbocycles. The third kappa shape index (κ3) is 3.44. The molecular weight excluding hydrogens is 330 g/mol. The summed E-state index contributed by atoms with van der Waals surface area (Å²) in [5.74, 6) is -0.300. The van der Waals surface area contributed by atoms with Crippen LogP contribution in [0.2, 0.25) is 0 Å². The van der Waals surface area contributed by atoms with Crippen LogP contribution in [0.25, 0.3) is 0 Å². The first-order valence-corrected chi connectivity index (χ1v) is 8.60. The fourth-order valence-electron chi connectivity index (χ4n) is 3.05. The molecular formula is C20H21N3O3. The lowest BCUT2D eigenvalue weighted by atomic mass is 10.1. The molecule has 0 atom stereocenters. The minimum Gasteiger partial charge on any atom is -0.355 e. The number of hydrogen-bond donors (Lipinski definition) is 2. The van der Waals surface area contributed by atoms with Gasteiger partial charge in [0.2, 0.25) is 5.91 Å². The van der Waals surface area contributed by atoms with E-state index in [0.717, 1.165) is 17.7 Å². The molecule has 0 bridgehead atoms. The summed E-state index contributed by atoms with van der Waals surface area (Å²) in [4.78, 5) is 37.8. The molecule has 134 valence electrons. The molecule has 0 aliphatic carbocycles. The Morgan fingerprint density at radius 1 is 1.00 bits per heavy atom. The number of fused-ring (bicyclic) bond motifs is 1. The zero-order chi connectivity index (χ0) is 18.7. The molecule has 26 heavy (non-hydrogen) atoms. The van der Waals surface area contributed by atoms with Crippen molar-refractivity contribution in [1.29, 1.82) is 0 Å². The maximum Gasteiger partial charge on any atom is 0.255 e. The first-order chi connectivity index (χ1) is 12.5. The summed E-state index contributed by atoms with van der Waals surface area (Å²) in [5, 5.41) is 5.38. The molecule has 2 aromatic carbocycles. The average molecular weight is 351 g/mol. The van der Waals surface area contributed by atoms with Gasteiger partial charge in [0.1, 0.15) is 0 Å². The quantitative estimate of drug-likeness (QED) is 0.889. The summed E-state index contributed by atoms with van der Waals surface area (Å²) in [5.41, 5.74) is 3.59. The Hall–Kier alpha value is -3.15. The number of nitrogens with one attached hydrogen (secondary N) is 2. The highest BCUT2D eigenvalue weighted by atomic mass is 16.2. The number of amides is 3. The van der Waals surface area contributed by atoms with Crippen molar-refractivity contribution in [3.63, 3.8) is 0 Å². The van der Waals surface area contributed by atoms with Crippen molar-refractivity contribution in [2.24, 2.45) is 0 Å². The Bertz CT molecular complexity index is 859. The highest BCUT2D eigenvalue weighted by Gasteiger charge is 2.24. The molecule has 6 nitrogen and oxygen atoms in total. The van der Waals surface area contributed by atoms with Crippen molar-refractivity contribution in [2.45, 2.75) is 19.8 Å². The summed E-state index contributed by atoms with van der Waals surface area (Å²) >= 11 is 0. The molecule has 0 radical (unpaired) electrons. The number of rotatable bonds is 4. The van der Waals surface area contributed by atoms with E-state index in [1.165, 1.54) is 0 Å². The fraction of sp³-hybridized carbons (Fsp3) is 0.250. The molecule has 1 heterocycles. The lowest BCUT2D eigenvalue weighted by Gasteiger charge is -2.16. The van der Waals surface area contributed by atoms with Gasteiger partial charge in [0.15, 0.2) is 0 Å². The van der Waals surface area contributed by atoms with Gasteiger partial charge in [-0.15, -0.1) is 0 Å². The molecule has 2 aromatic rings. The second-order valence-corrected chi connectivity index (χ2v) is 6.10. The predicted octanol–water partition coefficient (Wildman–Crippen LogP) is 2.60. The van der Waals surface area contributed by atoms with Crippen molar-refractivity contribution in [2.75, 3.05) is 23.8 Å². The summed E-state index contributed by atoms with van der Waals surface area (Å²) in [6.45, 7) is 2.51. The van der Waals surface area contributed by atoms with Crippen LogP contribution < -0.4 is 15.5 Å². The SMILES string of the molecule is CCC(=O)N1CCc2cc(C(=O)Nc3ccc(C(=O)NC)cc3)ccc21. The number of carbonyl (C=O) groups is 3. The van der Waals surface area contributed by atoms with Gasteiger partial charge in [0, 0.05) is 42.5 Å². The van der Waals surface area contributed by atoms with E-state index >= 15 is 0 Å². The summed E-state index contributed by atoms with van der Waals surface area (Å²) in [7, 11) is 1.57. The Labute approximate surface area is 152 Å². The Kier molecular flexibility index (Phi) is 5.02. The van der Waals surface area contributed by atoms with Gasteiger partial charge < -0.3 is 15.5 Å². The molecule has 1 aliphatic rings. The number of anilines is 2. The van der Waals surface area contributed by atoms with E-state index in [-0.39, 0.29) is 17.7 Å². The molecule has 0 aromatic heterocycles. The van der Waals surface area contributed by atoms with E-state index in [1.54, 1.807) is 42.3 Å². The van der Waals surface area contributed by atoms with Gasteiger partial charge in [0.05, 0.1) is 0 Å². The van der Waals surface area contributed by atoms with Crippen LogP contribution in [0.4, 0.5) is 11.4 Å². The Morgan fingerprint density at radius 2 is 1.69 bits per heavy atom. The van der Waals surface area contributed by atoms with Crippen LogP contribution in [0.1, 0.15) is 39.6 Å². The molecule has 0 fully saturated rings. The van der Waals surface area contributed by atoms with E-state index in [1.807, 2.05) is 19.1 Å². The first-order valence-electron chi connectivity index (χ1n) is 8.60. The second kappa shape index (κ2) is 7.39. The summed E-state index contributed by atoms with van der Waals surface area (Å²) in [6.07, 6.45) is 1.22. The Balaban J connectivity index is 1.73. The largest absolute Gasteiger partial charge is 0.355 e. The minimum atomic E-state index is -0.222. The monoisotopic (exact) mass is 351 g/mol. The second-order valence-electron chi connectivity index (χ2n) is 6.10. The first kappa shape index (κ1) is 17.7. The van der Waals surface area contributed by atoms with Crippen molar-refractivity contribution in [1.82, 2.24) is 5.32 Å². The molecule has 3 amide bonds. The van der Waals surface area contributed by atoms with Crippen molar-refractivity contribution in [3.8, 4) is 0 Å². The van der Waals surface area contributed by atoms with Crippen LogP contribution in [0, 0.1) is 0 Å². The van der Waals surface area contributed by atoms with Crippen LogP contribution in [-0.2, 0) is 11.2 Å². The van der Waals surface area contributed by atoms with Crippen LogP contribution in [0.5, 0.6) is 0 Å². The van der Waals surface area contributed by atoms with E-state index in [9.17, 15) is 14.4 Å². The predicted molar refractivity (Wildman–Crippen MR) is 101 cm³/mol. The van der Waals surface area contributed by atoms with E-state index in [0.29, 0.717) is 29.8 Å². The standard InChI is InChI=1S/C20H21N3O3/c1-3-18(24)23-11-10-14-12-15(6-9-17(14)23)20(26)22-16-7-4-13(5-8-16)19(25)21-2/h4-9,12H,3,10-11H2,1-2H3,(H,21,25)(H,22,26).